The summed E-state index contributed by atoms with van der Waals surface area (Å²) in [6, 6.07) is 0. The first-order chi connectivity index (χ1) is 11.5. The zero-order valence-electron chi connectivity index (χ0n) is 13.7. The van der Waals surface area contributed by atoms with Crippen LogP contribution >= 0.6 is 0 Å². The van der Waals surface area contributed by atoms with Gasteiger partial charge in [-0.15, -0.1) is 0 Å². The normalized spacial score (nSPS) is 29.8. The zero-order chi connectivity index (χ0) is 19.9. The van der Waals surface area contributed by atoms with Crippen LogP contribution in [0.4, 0.5) is 0 Å². The molecular formula is C12H21NaO13. The molecule has 1 heterocycles. The summed E-state index contributed by atoms with van der Waals surface area (Å²) in [5, 5.41) is 88.9. The molecule has 1 saturated heterocycles. The van der Waals surface area contributed by atoms with Crippen LogP contribution in [0.15, 0.2) is 0 Å². The van der Waals surface area contributed by atoms with Gasteiger partial charge in [0.2, 0.25) is 0 Å². The topological polar surface area (TPSA) is 248 Å². The predicted molar refractivity (Wildman–Crippen MR) is 71.1 cm³/mol. The SMILES string of the molecule is O=C([O-])[C@H](O)[C@@H](O)[C@H](O)[C@H](O)CO.O=C1O[C@H](CO)[C@@H](O)[C@H](O)[C@H]1O.[Na+]. The Morgan fingerprint density at radius 1 is 1.04 bits per heavy atom. The fourth-order valence-corrected chi connectivity index (χ4v) is 1.64. The van der Waals surface area contributed by atoms with Crippen LogP contribution in [0.1, 0.15) is 0 Å². The summed E-state index contributed by atoms with van der Waals surface area (Å²) in [4.78, 5) is 20.6. The van der Waals surface area contributed by atoms with Crippen LogP contribution in [0.5, 0.6) is 0 Å². The number of carbonyl (C=O) groups excluding carboxylic acids is 2. The molecule has 0 aromatic carbocycles. The van der Waals surface area contributed by atoms with E-state index in [2.05, 4.69) is 4.74 Å². The van der Waals surface area contributed by atoms with Gasteiger partial charge in [0.1, 0.15) is 36.6 Å². The summed E-state index contributed by atoms with van der Waals surface area (Å²) in [5.74, 6) is -3.01. The van der Waals surface area contributed by atoms with Gasteiger partial charge in [-0.25, -0.2) is 4.79 Å². The van der Waals surface area contributed by atoms with Gasteiger partial charge in [0.15, 0.2) is 12.2 Å². The summed E-state index contributed by atoms with van der Waals surface area (Å²) >= 11 is 0. The Bertz CT molecular complexity index is 433. The molecule has 13 nitrogen and oxygen atoms in total. The molecule has 0 bridgehead atoms. The van der Waals surface area contributed by atoms with E-state index < -0.39 is 74.0 Å². The summed E-state index contributed by atoms with van der Waals surface area (Å²) in [7, 11) is 0. The Morgan fingerprint density at radius 3 is 1.92 bits per heavy atom. The zero-order valence-corrected chi connectivity index (χ0v) is 15.7. The van der Waals surface area contributed by atoms with Crippen molar-refractivity contribution in [1.29, 1.82) is 0 Å². The number of hydrogen-bond acceptors (Lipinski definition) is 13. The third-order valence-electron chi connectivity index (χ3n) is 3.24. The van der Waals surface area contributed by atoms with Crippen molar-refractivity contribution in [3.63, 3.8) is 0 Å². The summed E-state index contributed by atoms with van der Waals surface area (Å²) < 4.78 is 4.38. The maximum atomic E-state index is 10.7. The van der Waals surface area contributed by atoms with Gasteiger partial charge in [0.25, 0.3) is 0 Å². The number of carboxylic acid groups (broad SMARTS) is 1. The van der Waals surface area contributed by atoms with E-state index in [9.17, 15) is 14.7 Å². The third kappa shape index (κ3) is 7.67. The van der Waals surface area contributed by atoms with Crippen molar-refractivity contribution in [3.8, 4) is 0 Å². The molecular weight excluding hydrogens is 375 g/mol. The molecule has 1 fully saturated rings. The van der Waals surface area contributed by atoms with Crippen LogP contribution in [0.2, 0.25) is 0 Å². The largest absolute Gasteiger partial charge is 1.00 e. The molecule has 0 amide bonds. The average Bonchev–Trinajstić information content (AvgIpc) is 2.60. The minimum absolute atomic E-state index is 0. The summed E-state index contributed by atoms with van der Waals surface area (Å²) in [5.41, 5.74) is 0. The molecule has 9 N–H and O–H groups in total. The van der Waals surface area contributed by atoms with Gasteiger partial charge in [-0.1, -0.05) is 0 Å². The van der Waals surface area contributed by atoms with Crippen LogP contribution in [0, 0.1) is 0 Å². The third-order valence-corrected chi connectivity index (χ3v) is 3.24. The maximum Gasteiger partial charge on any atom is 1.00 e. The minimum Gasteiger partial charge on any atom is -0.547 e. The van der Waals surface area contributed by atoms with Crippen LogP contribution < -0.4 is 34.7 Å². The fraction of sp³-hybridized carbons (Fsp3) is 0.833. The van der Waals surface area contributed by atoms with Gasteiger partial charge in [0, 0.05) is 0 Å². The second-order valence-corrected chi connectivity index (χ2v) is 5.08. The van der Waals surface area contributed by atoms with E-state index >= 15 is 0 Å². The molecule has 0 unspecified atom stereocenters. The number of hydrogen-bond donors (Lipinski definition) is 9. The first-order valence-electron chi connectivity index (χ1n) is 6.89. The Morgan fingerprint density at radius 2 is 1.54 bits per heavy atom. The molecule has 0 aliphatic carbocycles. The first-order valence-corrected chi connectivity index (χ1v) is 6.89. The second-order valence-electron chi connectivity index (χ2n) is 5.08. The molecule has 14 heteroatoms. The van der Waals surface area contributed by atoms with Crippen molar-refractivity contribution in [2.45, 2.75) is 48.8 Å². The molecule has 0 aromatic heterocycles. The van der Waals surface area contributed by atoms with E-state index in [1.807, 2.05) is 0 Å². The Balaban J connectivity index is 0. The molecule has 148 valence electrons. The number of carbonyl (C=O) groups is 2. The maximum absolute atomic E-state index is 10.7. The smallest absolute Gasteiger partial charge is 0.547 e. The van der Waals surface area contributed by atoms with E-state index in [-0.39, 0.29) is 29.6 Å². The van der Waals surface area contributed by atoms with Gasteiger partial charge in [-0.3, -0.25) is 0 Å². The van der Waals surface area contributed by atoms with Gasteiger partial charge < -0.3 is 60.6 Å². The van der Waals surface area contributed by atoms with Gasteiger partial charge in [-0.05, 0) is 0 Å². The predicted octanol–water partition coefficient (Wildman–Crippen LogP) is -10.8. The van der Waals surface area contributed by atoms with Crippen LogP contribution in [-0.2, 0) is 14.3 Å². The molecule has 1 aliphatic rings. The van der Waals surface area contributed by atoms with Crippen molar-refractivity contribution in [3.05, 3.63) is 0 Å². The van der Waals surface area contributed by atoms with E-state index in [0.29, 0.717) is 0 Å². The van der Waals surface area contributed by atoms with Crippen molar-refractivity contribution in [2.75, 3.05) is 13.2 Å². The standard InChI is InChI=1S/C6H12O7.C6H10O6.Na/c7-1-2(8)3(9)4(10)5(11)6(12)13;7-1-2-3(8)4(9)5(10)6(11)12-2;/h2-5,7-11H,1H2,(H,12,13);2-5,7-10H,1H2;/q;;+1/p-1/t2*2-,3-,4+,5-;/m11./s1. The van der Waals surface area contributed by atoms with Gasteiger partial charge in [0.05, 0.1) is 19.2 Å². The Kier molecular flexibility index (Phi) is 13.8. The van der Waals surface area contributed by atoms with Crippen LogP contribution in [0.25, 0.3) is 0 Å². The monoisotopic (exact) mass is 396 g/mol. The van der Waals surface area contributed by atoms with Crippen LogP contribution in [0.3, 0.4) is 0 Å². The van der Waals surface area contributed by atoms with Crippen molar-refractivity contribution >= 4 is 11.9 Å². The number of aliphatic hydroxyl groups excluding tert-OH is 9. The molecule has 0 radical (unpaired) electrons. The number of rotatable bonds is 6. The van der Waals surface area contributed by atoms with Crippen LogP contribution in [-0.4, -0.2) is 120 Å². The molecule has 1 rings (SSSR count). The number of ether oxygens (including phenoxy) is 1. The molecule has 26 heavy (non-hydrogen) atoms. The Hall–Kier alpha value is -0.420. The number of cyclic esters (lactones) is 1. The molecule has 0 spiro atoms. The molecule has 0 saturated carbocycles. The molecule has 1 aliphatic heterocycles. The minimum atomic E-state index is -2.31. The summed E-state index contributed by atoms with van der Waals surface area (Å²) in [6.07, 6.45) is -14.0. The number of carboxylic acids is 1. The Labute approximate surface area is 169 Å². The second kappa shape index (κ2) is 12.9. The van der Waals surface area contributed by atoms with Gasteiger partial charge in [-0.2, -0.15) is 0 Å². The number of aliphatic hydroxyl groups is 9. The van der Waals surface area contributed by atoms with E-state index in [1.165, 1.54) is 0 Å². The first kappa shape index (κ1) is 27.8. The van der Waals surface area contributed by atoms with E-state index in [1.54, 1.807) is 0 Å². The summed E-state index contributed by atoms with van der Waals surface area (Å²) in [6.45, 7) is -1.45. The van der Waals surface area contributed by atoms with Crippen molar-refractivity contribution in [2.24, 2.45) is 0 Å². The quantitative estimate of drug-likeness (QED) is 0.150. The van der Waals surface area contributed by atoms with Crippen molar-refractivity contribution < 1.29 is 94.9 Å². The number of esters is 1. The molecule has 8 atom stereocenters. The van der Waals surface area contributed by atoms with Crippen molar-refractivity contribution in [1.82, 2.24) is 0 Å². The van der Waals surface area contributed by atoms with Gasteiger partial charge >= 0.3 is 35.5 Å². The number of aliphatic carboxylic acids is 1. The van der Waals surface area contributed by atoms with E-state index in [4.69, 9.17) is 46.0 Å². The fourth-order valence-electron chi connectivity index (χ4n) is 1.64. The van der Waals surface area contributed by atoms with E-state index in [0.717, 1.165) is 0 Å². The average molecular weight is 396 g/mol. The molecule has 0 aromatic rings.